The largest absolute Gasteiger partial charge is 0.348 e. The van der Waals surface area contributed by atoms with Crippen molar-refractivity contribution in [3.05, 3.63) is 77.6 Å². The molecule has 0 saturated heterocycles. The number of carbonyl (C=O) groups excluding carboxylic acids is 2. The van der Waals surface area contributed by atoms with Crippen LogP contribution in [0.3, 0.4) is 0 Å². The van der Waals surface area contributed by atoms with Gasteiger partial charge in [-0.3, -0.25) is 14.6 Å². The van der Waals surface area contributed by atoms with Crippen LogP contribution in [0.15, 0.2) is 60.8 Å². The summed E-state index contributed by atoms with van der Waals surface area (Å²) in [5, 5.41) is 5.65. The van der Waals surface area contributed by atoms with Gasteiger partial charge in [-0.05, 0) is 43.9 Å². The van der Waals surface area contributed by atoms with Crippen LogP contribution in [0.5, 0.6) is 0 Å². The van der Waals surface area contributed by atoms with Crippen LogP contribution in [0.25, 0.3) is 0 Å². The zero-order valence-corrected chi connectivity index (χ0v) is 15.1. The van der Waals surface area contributed by atoms with Gasteiger partial charge in [0.15, 0.2) is 0 Å². The summed E-state index contributed by atoms with van der Waals surface area (Å²) < 4.78 is 0. The molecule has 0 aliphatic carbocycles. The number of carbonyl (C=O) groups is 2. The summed E-state index contributed by atoms with van der Waals surface area (Å²) in [4.78, 5) is 30.0. The molecular weight excluding hydrogens is 328 g/mol. The highest BCUT2D eigenvalue weighted by Crippen LogP contribution is 2.05. The van der Waals surface area contributed by atoms with Crippen molar-refractivity contribution < 1.29 is 9.59 Å². The number of hydrogen-bond donors (Lipinski definition) is 2. The first-order valence-corrected chi connectivity index (χ1v) is 8.41. The monoisotopic (exact) mass is 352 g/mol. The van der Waals surface area contributed by atoms with Crippen molar-refractivity contribution in [2.45, 2.75) is 13.1 Å². The Hall–Kier alpha value is -2.99. The van der Waals surface area contributed by atoms with Crippen LogP contribution < -0.4 is 10.6 Å². The molecule has 0 bridgehead atoms. The van der Waals surface area contributed by atoms with Crippen LogP contribution in [0.4, 0.5) is 0 Å². The quantitative estimate of drug-likeness (QED) is 0.710. The molecule has 6 nitrogen and oxygen atoms in total. The highest BCUT2D eigenvalue weighted by atomic mass is 16.2. The Morgan fingerprint density at radius 2 is 1.81 bits per heavy atom. The summed E-state index contributed by atoms with van der Waals surface area (Å²) in [6.45, 7) is 1.52. The maximum absolute atomic E-state index is 12.1. The van der Waals surface area contributed by atoms with Gasteiger partial charge in [-0.15, -0.1) is 0 Å². The van der Waals surface area contributed by atoms with E-state index in [1.807, 2.05) is 55.4 Å². The predicted octanol–water partition coefficient (Wildman–Crippen LogP) is 1.75. The van der Waals surface area contributed by atoms with Gasteiger partial charge in [0.1, 0.15) is 0 Å². The first kappa shape index (κ1) is 19.3. The fourth-order valence-electron chi connectivity index (χ4n) is 2.17. The van der Waals surface area contributed by atoms with Gasteiger partial charge >= 0.3 is 0 Å². The second-order valence-corrected chi connectivity index (χ2v) is 6.08. The minimum absolute atomic E-state index is 0.135. The number of likely N-dealkylation sites (N-methyl/N-ethyl adjacent to an activating group) is 1. The molecule has 1 aromatic heterocycles. The number of nitrogens with one attached hydrogen (secondary N) is 2. The Balaban J connectivity index is 1.79. The van der Waals surface area contributed by atoms with E-state index >= 15 is 0 Å². The molecule has 2 rings (SSSR count). The molecule has 2 amide bonds. The molecule has 0 fully saturated rings. The van der Waals surface area contributed by atoms with Gasteiger partial charge in [0.05, 0.1) is 12.2 Å². The van der Waals surface area contributed by atoms with Gasteiger partial charge < -0.3 is 15.5 Å². The van der Waals surface area contributed by atoms with Gasteiger partial charge in [-0.2, -0.15) is 0 Å². The maximum Gasteiger partial charge on any atom is 0.251 e. The van der Waals surface area contributed by atoms with Gasteiger partial charge in [0.2, 0.25) is 5.91 Å². The predicted molar refractivity (Wildman–Crippen MR) is 101 cm³/mol. The minimum atomic E-state index is -0.155. The van der Waals surface area contributed by atoms with E-state index in [9.17, 15) is 9.59 Å². The molecular formula is C20H24N4O2. The van der Waals surface area contributed by atoms with Crippen molar-refractivity contribution >= 4 is 11.8 Å². The molecule has 0 unspecified atom stereocenters. The van der Waals surface area contributed by atoms with Crippen LogP contribution in [0, 0.1) is 0 Å². The number of nitrogens with zero attached hydrogens (tertiary/aromatic N) is 2. The molecule has 0 saturated carbocycles. The smallest absolute Gasteiger partial charge is 0.251 e. The van der Waals surface area contributed by atoms with Crippen LogP contribution in [0.2, 0.25) is 0 Å². The highest BCUT2D eigenvalue weighted by molar-refractivity contribution is 5.94. The fourth-order valence-corrected chi connectivity index (χ4v) is 2.17. The average molecular weight is 352 g/mol. The lowest BCUT2D eigenvalue weighted by Crippen LogP contribution is -2.23. The van der Waals surface area contributed by atoms with Crippen molar-refractivity contribution in [1.29, 1.82) is 0 Å². The molecule has 2 aromatic rings. The summed E-state index contributed by atoms with van der Waals surface area (Å²) in [7, 11) is 3.88. The zero-order chi connectivity index (χ0) is 18.8. The van der Waals surface area contributed by atoms with E-state index in [-0.39, 0.29) is 11.8 Å². The number of amides is 2. The summed E-state index contributed by atoms with van der Waals surface area (Å²) in [5.41, 5.74) is 2.31. The molecule has 26 heavy (non-hydrogen) atoms. The summed E-state index contributed by atoms with van der Waals surface area (Å²) in [5.74, 6) is -0.290. The Morgan fingerprint density at radius 3 is 2.46 bits per heavy atom. The zero-order valence-electron chi connectivity index (χ0n) is 15.1. The van der Waals surface area contributed by atoms with Crippen molar-refractivity contribution in [1.82, 2.24) is 20.5 Å². The third-order valence-electron chi connectivity index (χ3n) is 3.58. The Labute approximate surface area is 153 Å². The van der Waals surface area contributed by atoms with E-state index in [0.717, 1.165) is 17.8 Å². The minimum Gasteiger partial charge on any atom is -0.348 e. The van der Waals surface area contributed by atoms with Crippen LogP contribution in [0.1, 0.15) is 21.6 Å². The summed E-state index contributed by atoms with van der Waals surface area (Å²) >= 11 is 0. The van der Waals surface area contributed by atoms with Gasteiger partial charge in [0, 0.05) is 30.9 Å². The summed E-state index contributed by atoms with van der Waals surface area (Å²) in [6, 6.07) is 12.7. The standard InChI is InChI=1S/C20H24N4O2/c1-24(2)13-5-7-19(25)22-14-16-8-10-17(11-9-16)20(26)23-15-18-6-3-4-12-21-18/h3-12H,13-15H2,1-2H3,(H,22,25)(H,23,26)/b7-5+. The SMILES string of the molecule is CN(C)C/C=C/C(=O)NCc1ccc(C(=O)NCc2ccccn2)cc1. The third-order valence-corrected chi connectivity index (χ3v) is 3.58. The van der Waals surface area contributed by atoms with E-state index in [1.165, 1.54) is 6.08 Å². The number of benzene rings is 1. The normalized spacial score (nSPS) is 10.9. The third kappa shape index (κ3) is 6.86. The van der Waals surface area contributed by atoms with Gasteiger partial charge in [-0.1, -0.05) is 24.3 Å². The molecule has 0 spiro atoms. The first-order chi connectivity index (χ1) is 12.5. The van der Waals surface area contributed by atoms with Crippen LogP contribution in [-0.4, -0.2) is 42.3 Å². The second kappa shape index (κ2) is 10.1. The lowest BCUT2D eigenvalue weighted by Gasteiger charge is -2.07. The molecule has 0 atom stereocenters. The first-order valence-electron chi connectivity index (χ1n) is 8.41. The van der Waals surface area contributed by atoms with E-state index in [1.54, 1.807) is 18.3 Å². The molecule has 136 valence electrons. The summed E-state index contributed by atoms with van der Waals surface area (Å²) in [6.07, 6.45) is 5.03. The van der Waals surface area contributed by atoms with E-state index in [4.69, 9.17) is 0 Å². The molecule has 1 heterocycles. The van der Waals surface area contributed by atoms with Crippen LogP contribution in [-0.2, 0) is 17.9 Å². The molecule has 1 aromatic carbocycles. The fraction of sp³-hybridized carbons (Fsp3) is 0.250. The molecule has 0 radical (unpaired) electrons. The van der Waals surface area contributed by atoms with E-state index in [0.29, 0.717) is 18.7 Å². The number of pyridine rings is 1. The molecule has 2 N–H and O–H groups in total. The van der Waals surface area contributed by atoms with Gasteiger partial charge in [-0.25, -0.2) is 0 Å². The number of aromatic nitrogens is 1. The molecule has 0 aliphatic rings. The maximum atomic E-state index is 12.1. The van der Waals surface area contributed by atoms with E-state index < -0.39 is 0 Å². The van der Waals surface area contributed by atoms with Gasteiger partial charge in [0.25, 0.3) is 5.91 Å². The lowest BCUT2D eigenvalue weighted by atomic mass is 10.1. The topological polar surface area (TPSA) is 74.3 Å². The van der Waals surface area contributed by atoms with E-state index in [2.05, 4.69) is 15.6 Å². The van der Waals surface area contributed by atoms with Crippen LogP contribution >= 0.6 is 0 Å². The molecule has 6 heteroatoms. The number of hydrogen-bond acceptors (Lipinski definition) is 4. The Bertz CT molecular complexity index is 740. The second-order valence-electron chi connectivity index (χ2n) is 6.08. The van der Waals surface area contributed by atoms with Crippen molar-refractivity contribution in [3.63, 3.8) is 0 Å². The average Bonchev–Trinajstić information content (AvgIpc) is 2.65. The Morgan fingerprint density at radius 1 is 1.04 bits per heavy atom. The van der Waals surface area contributed by atoms with Crippen molar-refractivity contribution in [3.8, 4) is 0 Å². The molecule has 0 aliphatic heterocycles. The highest BCUT2D eigenvalue weighted by Gasteiger charge is 2.06. The lowest BCUT2D eigenvalue weighted by molar-refractivity contribution is -0.116. The number of rotatable bonds is 8. The Kier molecular flexibility index (Phi) is 7.51. The van der Waals surface area contributed by atoms with Crippen molar-refractivity contribution in [2.75, 3.05) is 20.6 Å². The van der Waals surface area contributed by atoms with Crippen molar-refractivity contribution in [2.24, 2.45) is 0 Å².